The van der Waals surface area contributed by atoms with Crippen LogP contribution in [0.3, 0.4) is 0 Å². The van der Waals surface area contributed by atoms with E-state index in [0.717, 1.165) is 11.9 Å². The van der Waals surface area contributed by atoms with Crippen LogP contribution in [-0.4, -0.2) is 48.4 Å². The standard InChI is InChI=1S/C16H22N4O4S/c1-11-6-15(12(2)24-11)16(21)19-8-13(7-18-25(3,22)23)9-20-14(10-19)4-5-17-20/h4-6,13,18H,7-10H2,1-3H3. The molecule has 0 saturated heterocycles. The number of furan rings is 1. The molecule has 25 heavy (non-hydrogen) atoms. The molecule has 0 aliphatic carbocycles. The first kappa shape index (κ1) is 17.7. The van der Waals surface area contributed by atoms with Gasteiger partial charge in [-0.3, -0.25) is 9.48 Å². The highest BCUT2D eigenvalue weighted by atomic mass is 32.2. The Labute approximate surface area is 146 Å². The van der Waals surface area contributed by atoms with Gasteiger partial charge in [0.2, 0.25) is 10.0 Å². The minimum atomic E-state index is -3.29. The molecule has 0 aromatic carbocycles. The molecule has 3 heterocycles. The van der Waals surface area contributed by atoms with Crippen molar-refractivity contribution >= 4 is 15.9 Å². The number of aromatic nitrogens is 2. The lowest BCUT2D eigenvalue weighted by Gasteiger charge is -2.24. The van der Waals surface area contributed by atoms with Crippen LogP contribution < -0.4 is 4.72 Å². The van der Waals surface area contributed by atoms with Crippen LogP contribution in [0.4, 0.5) is 0 Å². The predicted molar refractivity (Wildman–Crippen MR) is 91.5 cm³/mol. The van der Waals surface area contributed by atoms with E-state index >= 15 is 0 Å². The van der Waals surface area contributed by atoms with Gasteiger partial charge in [-0.25, -0.2) is 13.1 Å². The third-order valence-corrected chi connectivity index (χ3v) is 4.95. The summed E-state index contributed by atoms with van der Waals surface area (Å²) in [5, 5.41) is 4.28. The molecule has 2 aromatic rings. The summed E-state index contributed by atoms with van der Waals surface area (Å²) in [4.78, 5) is 14.7. The second-order valence-electron chi connectivity index (χ2n) is 6.50. The molecule has 1 aliphatic rings. The summed E-state index contributed by atoms with van der Waals surface area (Å²) < 4.78 is 32.7. The van der Waals surface area contributed by atoms with Crippen LogP contribution in [-0.2, 0) is 23.1 Å². The Kier molecular flexibility index (Phi) is 4.70. The van der Waals surface area contributed by atoms with Gasteiger partial charge in [-0.15, -0.1) is 0 Å². The van der Waals surface area contributed by atoms with Crippen LogP contribution in [0.25, 0.3) is 0 Å². The summed E-state index contributed by atoms with van der Waals surface area (Å²) in [5.41, 5.74) is 1.47. The molecular weight excluding hydrogens is 344 g/mol. The molecule has 0 saturated carbocycles. The molecule has 8 nitrogen and oxygen atoms in total. The summed E-state index contributed by atoms with van der Waals surface area (Å²) in [6, 6.07) is 3.61. The Morgan fingerprint density at radius 1 is 1.40 bits per heavy atom. The summed E-state index contributed by atoms with van der Waals surface area (Å²) in [6.07, 6.45) is 2.82. The SMILES string of the molecule is Cc1cc(C(=O)N2Cc3ccnn3CC(CNS(C)(=O)=O)C2)c(C)o1. The smallest absolute Gasteiger partial charge is 0.257 e. The zero-order chi connectivity index (χ0) is 18.2. The number of amides is 1. The molecular formula is C16H22N4O4S. The Bertz CT molecular complexity index is 884. The molecule has 0 radical (unpaired) electrons. The number of rotatable bonds is 4. The van der Waals surface area contributed by atoms with Crippen LogP contribution in [0.5, 0.6) is 0 Å². The number of nitrogens with zero attached hydrogens (tertiary/aromatic N) is 3. The molecule has 0 bridgehead atoms. The molecule has 1 unspecified atom stereocenters. The Balaban J connectivity index is 1.85. The number of carbonyl (C=O) groups excluding carboxylic acids is 1. The average molecular weight is 366 g/mol. The molecule has 0 fully saturated rings. The third kappa shape index (κ3) is 4.10. The lowest BCUT2D eigenvalue weighted by Crippen LogP contribution is -2.38. The van der Waals surface area contributed by atoms with Crippen molar-refractivity contribution in [2.75, 3.05) is 19.3 Å². The maximum atomic E-state index is 13.0. The molecule has 2 aromatic heterocycles. The van der Waals surface area contributed by atoms with Gasteiger partial charge in [0.25, 0.3) is 5.91 Å². The average Bonchev–Trinajstić information content (AvgIpc) is 3.04. The van der Waals surface area contributed by atoms with Crippen molar-refractivity contribution < 1.29 is 17.6 Å². The van der Waals surface area contributed by atoms with Crippen LogP contribution in [0, 0.1) is 19.8 Å². The van der Waals surface area contributed by atoms with Gasteiger partial charge in [0.05, 0.1) is 24.1 Å². The van der Waals surface area contributed by atoms with Gasteiger partial charge in [-0.05, 0) is 26.0 Å². The Morgan fingerprint density at radius 2 is 2.16 bits per heavy atom. The summed E-state index contributed by atoms with van der Waals surface area (Å²) >= 11 is 0. The highest BCUT2D eigenvalue weighted by Crippen LogP contribution is 2.21. The fourth-order valence-electron chi connectivity index (χ4n) is 3.10. The van der Waals surface area contributed by atoms with Gasteiger partial charge in [0, 0.05) is 31.7 Å². The Morgan fingerprint density at radius 3 is 2.80 bits per heavy atom. The lowest BCUT2D eigenvalue weighted by molar-refractivity contribution is 0.0720. The van der Waals surface area contributed by atoms with E-state index in [-0.39, 0.29) is 18.4 Å². The van der Waals surface area contributed by atoms with Crippen molar-refractivity contribution in [2.24, 2.45) is 5.92 Å². The van der Waals surface area contributed by atoms with Crippen molar-refractivity contribution in [1.82, 2.24) is 19.4 Å². The van der Waals surface area contributed by atoms with Crippen LogP contribution >= 0.6 is 0 Å². The van der Waals surface area contributed by atoms with E-state index in [1.165, 1.54) is 0 Å². The van der Waals surface area contributed by atoms with E-state index in [9.17, 15) is 13.2 Å². The van der Waals surface area contributed by atoms with E-state index in [1.807, 2.05) is 10.7 Å². The van der Waals surface area contributed by atoms with Crippen LogP contribution in [0.2, 0.25) is 0 Å². The normalized spacial score (nSPS) is 18.0. The quantitative estimate of drug-likeness (QED) is 0.868. The van der Waals surface area contributed by atoms with E-state index in [4.69, 9.17) is 4.42 Å². The molecule has 1 amide bonds. The van der Waals surface area contributed by atoms with E-state index in [2.05, 4.69) is 9.82 Å². The van der Waals surface area contributed by atoms with Gasteiger partial charge in [0.1, 0.15) is 11.5 Å². The van der Waals surface area contributed by atoms with Crippen molar-refractivity contribution in [3.63, 3.8) is 0 Å². The largest absolute Gasteiger partial charge is 0.466 e. The van der Waals surface area contributed by atoms with E-state index < -0.39 is 10.0 Å². The number of sulfonamides is 1. The van der Waals surface area contributed by atoms with Crippen molar-refractivity contribution in [3.05, 3.63) is 41.1 Å². The van der Waals surface area contributed by atoms with Crippen molar-refractivity contribution in [1.29, 1.82) is 0 Å². The highest BCUT2D eigenvalue weighted by Gasteiger charge is 2.28. The molecule has 1 atom stereocenters. The molecule has 1 aliphatic heterocycles. The van der Waals surface area contributed by atoms with Gasteiger partial charge < -0.3 is 9.32 Å². The molecule has 1 N–H and O–H groups in total. The molecule has 3 rings (SSSR count). The molecule has 136 valence electrons. The number of carbonyl (C=O) groups is 1. The van der Waals surface area contributed by atoms with Gasteiger partial charge in [-0.1, -0.05) is 0 Å². The second-order valence-corrected chi connectivity index (χ2v) is 8.34. The first-order valence-corrected chi connectivity index (χ1v) is 9.93. The maximum Gasteiger partial charge on any atom is 0.257 e. The van der Waals surface area contributed by atoms with Crippen molar-refractivity contribution in [3.8, 4) is 0 Å². The minimum absolute atomic E-state index is 0.0758. The zero-order valence-corrected chi connectivity index (χ0v) is 15.3. The first-order valence-electron chi connectivity index (χ1n) is 8.04. The van der Waals surface area contributed by atoms with Gasteiger partial charge in [0.15, 0.2) is 0 Å². The number of aryl methyl sites for hydroxylation is 2. The first-order chi connectivity index (χ1) is 11.7. The topological polar surface area (TPSA) is 97.4 Å². The fourth-order valence-corrected chi connectivity index (χ4v) is 3.64. The monoisotopic (exact) mass is 366 g/mol. The Hall–Kier alpha value is -2.13. The van der Waals surface area contributed by atoms with Gasteiger partial charge in [-0.2, -0.15) is 5.10 Å². The second kappa shape index (κ2) is 6.64. The highest BCUT2D eigenvalue weighted by molar-refractivity contribution is 7.88. The minimum Gasteiger partial charge on any atom is -0.466 e. The number of hydrogen-bond donors (Lipinski definition) is 1. The predicted octanol–water partition coefficient (Wildman–Crippen LogP) is 0.914. The maximum absolute atomic E-state index is 13.0. The summed E-state index contributed by atoms with van der Waals surface area (Å²) in [7, 11) is -3.29. The third-order valence-electron chi connectivity index (χ3n) is 4.26. The summed E-state index contributed by atoms with van der Waals surface area (Å²) in [5.74, 6) is 1.09. The molecule has 9 heteroatoms. The fraction of sp³-hybridized carbons (Fsp3) is 0.500. The molecule has 0 spiro atoms. The van der Waals surface area contributed by atoms with E-state index in [0.29, 0.717) is 36.7 Å². The zero-order valence-electron chi connectivity index (χ0n) is 14.5. The van der Waals surface area contributed by atoms with Crippen LogP contribution in [0.1, 0.15) is 27.6 Å². The number of fused-ring (bicyclic) bond motifs is 1. The van der Waals surface area contributed by atoms with E-state index in [1.54, 1.807) is 31.0 Å². The summed E-state index contributed by atoms with van der Waals surface area (Å²) in [6.45, 7) is 5.25. The van der Waals surface area contributed by atoms with Gasteiger partial charge >= 0.3 is 0 Å². The van der Waals surface area contributed by atoms with Crippen molar-refractivity contribution in [2.45, 2.75) is 26.9 Å². The van der Waals surface area contributed by atoms with Crippen LogP contribution in [0.15, 0.2) is 22.7 Å². The lowest BCUT2D eigenvalue weighted by atomic mass is 10.1. The number of nitrogens with one attached hydrogen (secondary N) is 1. The number of hydrogen-bond acceptors (Lipinski definition) is 5.